The molecule has 0 unspecified atom stereocenters. The fraction of sp³-hybridized carbons (Fsp3) is 0.500. The zero-order valence-corrected chi connectivity index (χ0v) is 11.4. The molecule has 1 aliphatic rings. The quantitative estimate of drug-likeness (QED) is 0.906. The summed E-state index contributed by atoms with van der Waals surface area (Å²) < 4.78 is 14.5. The summed E-state index contributed by atoms with van der Waals surface area (Å²) in [5.74, 6) is -0.219. The van der Waals surface area contributed by atoms with E-state index in [4.69, 9.17) is 5.26 Å². The Kier molecular flexibility index (Phi) is 4.18. The molecule has 106 valence electrons. The number of alkyl halides is 1. The van der Waals surface area contributed by atoms with E-state index < -0.39 is 5.67 Å². The van der Waals surface area contributed by atoms with E-state index in [1.165, 1.54) is 6.92 Å². The van der Waals surface area contributed by atoms with Gasteiger partial charge in [0.2, 0.25) is 5.91 Å². The van der Waals surface area contributed by atoms with Gasteiger partial charge in [-0.1, -0.05) is 0 Å². The van der Waals surface area contributed by atoms with Gasteiger partial charge in [0.05, 0.1) is 12.2 Å². The largest absolute Gasteiger partial charge is 0.369 e. The number of nitrogens with one attached hydrogen (secondary N) is 1. The maximum absolute atomic E-state index is 14.5. The molecule has 0 spiro atoms. The van der Waals surface area contributed by atoms with Crippen LogP contribution in [0.2, 0.25) is 0 Å². The number of carbonyl (C=O) groups excluding carboxylic acids is 1. The number of hydrogen-bond donors (Lipinski definition) is 1. The third-order valence-corrected chi connectivity index (χ3v) is 3.55. The second kappa shape index (κ2) is 5.87. The first-order valence-electron chi connectivity index (χ1n) is 6.57. The van der Waals surface area contributed by atoms with Gasteiger partial charge in [-0.2, -0.15) is 5.26 Å². The number of halogens is 1. The fourth-order valence-electron chi connectivity index (χ4n) is 2.35. The Morgan fingerprint density at radius 2 is 2.30 bits per heavy atom. The van der Waals surface area contributed by atoms with Crippen LogP contribution in [0.4, 0.5) is 10.1 Å². The normalized spacial score (nSPS) is 17.4. The lowest BCUT2D eigenvalue weighted by atomic mass is 9.92. The van der Waals surface area contributed by atoms with Gasteiger partial charge in [-0.05, 0) is 12.1 Å². The Hall–Kier alpha value is -2.16. The molecule has 1 aromatic heterocycles. The standard InChI is InChI=1S/C14H17FN4O/c1-11(20)18-10-14(15)4-7-19(8-5-14)13-3-2-6-17-12(13)9-16/h2-3,6H,4-5,7-8,10H2,1H3,(H,18,20). The number of aromatic nitrogens is 1. The molecule has 1 saturated heterocycles. The van der Waals surface area contributed by atoms with Crippen LogP contribution in [0.1, 0.15) is 25.5 Å². The molecule has 0 radical (unpaired) electrons. The Morgan fingerprint density at radius 1 is 1.60 bits per heavy atom. The van der Waals surface area contributed by atoms with Crippen molar-refractivity contribution < 1.29 is 9.18 Å². The number of amides is 1. The molecule has 1 aliphatic heterocycles. The van der Waals surface area contributed by atoms with Crippen LogP contribution in [0, 0.1) is 11.3 Å². The number of pyridine rings is 1. The van der Waals surface area contributed by atoms with E-state index in [9.17, 15) is 9.18 Å². The molecular weight excluding hydrogens is 259 g/mol. The van der Waals surface area contributed by atoms with Crippen molar-refractivity contribution in [1.29, 1.82) is 5.26 Å². The molecule has 0 saturated carbocycles. The number of carbonyl (C=O) groups is 1. The third kappa shape index (κ3) is 3.23. The van der Waals surface area contributed by atoms with Crippen molar-refractivity contribution >= 4 is 11.6 Å². The molecule has 1 amide bonds. The first-order chi connectivity index (χ1) is 9.54. The van der Waals surface area contributed by atoms with Crippen LogP contribution >= 0.6 is 0 Å². The number of piperidine rings is 1. The summed E-state index contributed by atoms with van der Waals surface area (Å²) in [6.45, 7) is 2.45. The molecule has 1 aromatic rings. The lowest BCUT2D eigenvalue weighted by Crippen LogP contribution is -2.48. The highest BCUT2D eigenvalue weighted by atomic mass is 19.1. The van der Waals surface area contributed by atoms with Crippen molar-refractivity contribution in [3.8, 4) is 6.07 Å². The predicted molar refractivity (Wildman–Crippen MR) is 72.9 cm³/mol. The molecule has 1 N–H and O–H groups in total. The van der Waals surface area contributed by atoms with Crippen LogP contribution in [-0.2, 0) is 4.79 Å². The molecule has 2 rings (SSSR count). The fourth-order valence-corrected chi connectivity index (χ4v) is 2.35. The summed E-state index contributed by atoms with van der Waals surface area (Å²) in [5, 5.41) is 11.6. The average molecular weight is 276 g/mol. The molecule has 2 heterocycles. The van der Waals surface area contributed by atoms with Gasteiger partial charge < -0.3 is 10.2 Å². The number of anilines is 1. The molecule has 1 fully saturated rings. The van der Waals surface area contributed by atoms with E-state index in [2.05, 4.69) is 16.4 Å². The smallest absolute Gasteiger partial charge is 0.216 e. The first-order valence-corrected chi connectivity index (χ1v) is 6.57. The highest BCUT2D eigenvalue weighted by Gasteiger charge is 2.35. The lowest BCUT2D eigenvalue weighted by molar-refractivity contribution is -0.119. The van der Waals surface area contributed by atoms with Gasteiger partial charge in [0.1, 0.15) is 11.7 Å². The average Bonchev–Trinajstić information content (AvgIpc) is 2.46. The van der Waals surface area contributed by atoms with Gasteiger partial charge in [-0.15, -0.1) is 0 Å². The Morgan fingerprint density at radius 3 is 2.90 bits per heavy atom. The van der Waals surface area contributed by atoms with E-state index in [1.54, 1.807) is 12.3 Å². The maximum Gasteiger partial charge on any atom is 0.216 e. The summed E-state index contributed by atoms with van der Waals surface area (Å²) in [4.78, 5) is 16.8. The van der Waals surface area contributed by atoms with Crippen molar-refractivity contribution in [2.45, 2.75) is 25.4 Å². The molecule has 0 aliphatic carbocycles. The van der Waals surface area contributed by atoms with E-state index >= 15 is 0 Å². The van der Waals surface area contributed by atoms with E-state index in [0.29, 0.717) is 31.6 Å². The van der Waals surface area contributed by atoms with Gasteiger partial charge >= 0.3 is 0 Å². The zero-order chi connectivity index (χ0) is 14.6. The maximum atomic E-state index is 14.5. The molecule has 20 heavy (non-hydrogen) atoms. The van der Waals surface area contributed by atoms with Crippen LogP contribution in [0.5, 0.6) is 0 Å². The van der Waals surface area contributed by atoms with E-state index in [-0.39, 0.29) is 12.5 Å². The minimum absolute atomic E-state index is 0.0499. The van der Waals surface area contributed by atoms with Crippen molar-refractivity contribution in [1.82, 2.24) is 10.3 Å². The summed E-state index contributed by atoms with van der Waals surface area (Å²) in [5.41, 5.74) is -0.255. The zero-order valence-electron chi connectivity index (χ0n) is 11.4. The van der Waals surface area contributed by atoms with E-state index in [0.717, 1.165) is 5.69 Å². The van der Waals surface area contributed by atoms with Gasteiger partial charge in [-0.3, -0.25) is 4.79 Å². The van der Waals surface area contributed by atoms with Crippen LogP contribution in [0.25, 0.3) is 0 Å². The van der Waals surface area contributed by atoms with Gasteiger partial charge in [0.25, 0.3) is 0 Å². The summed E-state index contributed by atoms with van der Waals surface area (Å²) in [6, 6.07) is 5.64. The predicted octanol–water partition coefficient (Wildman–Crippen LogP) is 1.40. The van der Waals surface area contributed by atoms with Gasteiger partial charge in [0, 0.05) is 39.1 Å². The minimum atomic E-state index is -1.36. The van der Waals surface area contributed by atoms with Crippen molar-refractivity contribution in [3.05, 3.63) is 24.0 Å². The molecule has 0 aromatic carbocycles. The van der Waals surface area contributed by atoms with Crippen LogP contribution in [0.3, 0.4) is 0 Å². The molecule has 6 heteroatoms. The topological polar surface area (TPSA) is 69.0 Å². The van der Waals surface area contributed by atoms with Gasteiger partial charge in [0.15, 0.2) is 5.69 Å². The Bertz CT molecular complexity index is 532. The highest BCUT2D eigenvalue weighted by molar-refractivity contribution is 5.72. The number of hydrogen-bond acceptors (Lipinski definition) is 4. The van der Waals surface area contributed by atoms with Crippen molar-refractivity contribution in [2.24, 2.45) is 0 Å². The lowest BCUT2D eigenvalue weighted by Gasteiger charge is -2.37. The molecule has 0 atom stereocenters. The number of nitriles is 1. The van der Waals surface area contributed by atoms with Crippen molar-refractivity contribution in [2.75, 3.05) is 24.5 Å². The van der Waals surface area contributed by atoms with Crippen molar-refractivity contribution in [3.63, 3.8) is 0 Å². The summed E-state index contributed by atoms with van der Waals surface area (Å²) in [7, 11) is 0. The summed E-state index contributed by atoms with van der Waals surface area (Å²) >= 11 is 0. The van der Waals surface area contributed by atoms with Gasteiger partial charge in [-0.25, -0.2) is 9.37 Å². The monoisotopic (exact) mass is 276 g/mol. The number of rotatable bonds is 3. The molecule has 0 bridgehead atoms. The second-order valence-electron chi connectivity index (χ2n) is 5.03. The van der Waals surface area contributed by atoms with Crippen LogP contribution in [-0.4, -0.2) is 36.2 Å². The van der Waals surface area contributed by atoms with Crippen LogP contribution in [0.15, 0.2) is 18.3 Å². The SMILES string of the molecule is CC(=O)NCC1(F)CCN(c2cccnc2C#N)CC1. The van der Waals surface area contributed by atoms with E-state index in [1.807, 2.05) is 11.0 Å². The third-order valence-electron chi connectivity index (χ3n) is 3.55. The number of nitrogens with zero attached hydrogens (tertiary/aromatic N) is 3. The van der Waals surface area contributed by atoms with Crippen LogP contribution < -0.4 is 10.2 Å². The second-order valence-corrected chi connectivity index (χ2v) is 5.03. The highest BCUT2D eigenvalue weighted by Crippen LogP contribution is 2.29. The summed E-state index contributed by atoms with van der Waals surface area (Å²) in [6.07, 6.45) is 2.22. The Labute approximate surface area is 117 Å². The Balaban J connectivity index is 2.01. The minimum Gasteiger partial charge on any atom is -0.369 e. The first kappa shape index (κ1) is 14.3. The molecule has 5 nitrogen and oxygen atoms in total. The molecular formula is C14H17FN4O.